The Hall–Kier alpha value is -2.03. The number of thiazole rings is 1. The fourth-order valence-electron chi connectivity index (χ4n) is 2.36. The van der Waals surface area contributed by atoms with Crippen LogP contribution in [0.1, 0.15) is 23.0 Å². The zero-order valence-corrected chi connectivity index (χ0v) is 16.1. The summed E-state index contributed by atoms with van der Waals surface area (Å²) < 4.78 is 21.3. The zero-order valence-electron chi connectivity index (χ0n) is 13.7. The standard InChI is InChI=1S/C17H14ClFN2O3S2/c1-2-24-15(22)7-8-21-11-4-3-10(19)9-13(11)26-17(21)20-16(23)12-5-6-14(18)25-12/h3-6,9H,2,7-8H2,1H3. The molecule has 3 aromatic rings. The number of benzene rings is 1. The lowest BCUT2D eigenvalue weighted by Crippen LogP contribution is -2.19. The van der Waals surface area contributed by atoms with E-state index in [1.807, 2.05) is 0 Å². The third kappa shape index (κ3) is 4.20. The quantitative estimate of drug-likeness (QED) is 0.588. The van der Waals surface area contributed by atoms with Crippen molar-refractivity contribution in [2.24, 2.45) is 4.99 Å². The van der Waals surface area contributed by atoms with Crippen molar-refractivity contribution in [3.63, 3.8) is 0 Å². The maximum absolute atomic E-state index is 13.5. The van der Waals surface area contributed by atoms with Crippen LogP contribution in [0.2, 0.25) is 4.34 Å². The van der Waals surface area contributed by atoms with Crippen molar-refractivity contribution in [1.29, 1.82) is 0 Å². The molecule has 0 saturated carbocycles. The molecule has 0 spiro atoms. The molecular weight excluding hydrogens is 399 g/mol. The number of esters is 1. The Morgan fingerprint density at radius 3 is 2.77 bits per heavy atom. The minimum absolute atomic E-state index is 0.128. The van der Waals surface area contributed by atoms with Crippen LogP contribution in [0.4, 0.5) is 4.39 Å². The van der Waals surface area contributed by atoms with Gasteiger partial charge in [0.15, 0.2) is 4.80 Å². The van der Waals surface area contributed by atoms with Gasteiger partial charge in [-0.1, -0.05) is 22.9 Å². The van der Waals surface area contributed by atoms with Crippen LogP contribution in [0.15, 0.2) is 35.3 Å². The Kier molecular flexibility index (Phi) is 5.85. The van der Waals surface area contributed by atoms with Crippen molar-refractivity contribution in [3.05, 3.63) is 50.2 Å². The number of halogens is 2. The van der Waals surface area contributed by atoms with Crippen LogP contribution < -0.4 is 4.80 Å². The van der Waals surface area contributed by atoms with Gasteiger partial charge in [0.2, 0.25) is 0 Å². The van der Waals surface area contributed by atoms with E-state index in [2.05, 4.69) is 4.99 Å². The van der Waals surface area contributed by atoms with Gasteiger partial charge in [0, 0.05) is 6.54 Å². The molecule has 0 radical (unpaired) electrons. The second-order valence-electron chi connectivity index (χ2n) is 5.22. The normalized spacial score (nSPS) is 11.9. The number of amides is 1. The maximum atomic E-state index is 13.5. The number of hydrogen-bond acceptors (Lipinski definition) is 5. The minimum atomic E-state index is -0.432. The van der Waals surface area contributed by atoms with Gasteiger partial charge in [-0.3, -0.25) is 9.59 Å². The molecule has 2 aromatic heterocycles. The number of fused-ring (bicyclic) bond motifs is 1. The van der Waals surface area contributed by atoms with Crippen LogP contribution in [0.3, 0.4) is 0 Å². The molecule has 5 nitrogen and oxygen atoms in total. The predicted molar refractivity (Wildman–Crippen MR) is 100 cm³/mol. The maximum Gasteiger partial charge on any atom is 0.307 e. The first-order valence-electron chi connectivity index (χ1n) is 7.77. The SMILES string of the molecule is CCOC(=O)CCn1c(=NC(=O)c2ccc(Cl)s2)sc2cc(F)ccc21. The first-order valence-corrected chi connectivity index (χ1v) is 9.78. The van der Waals surface area contributed by atoms with Gasteiger partial charge in [0.05, 0.1) is 32.5 Å². The molecule has 136 valence electrons. The lowest BCUT2D eigenvalue weighted by Gasteiger charge is -2.05. The van der Waals surface area contributed by atoms with E-state index in [1.165, 1.54) is 23.5 Å². The smallest absolute Gasteiger partial charge is 0.307 e. The van der Waals surface area contributed by atoms with Gasteiger partial charge in [0.1, 0.15) is 5.82 Å². The Bertz CT molecular complexity index is 1040. The Morgan fingerprint density at radius 1 is 1.27 bits per heavy atom. The van der Waals surface area contributed by atoms with Crippen LogP contribution in [0, 0.1) is 5.82 Å². The zero-order chi connectivity index (χ0) is 18.7. The van der Waals surface area contributed by atoms with Crippen molar-refractivity contribution in [2.75, 3.05) is 6.61 Å². The van der Waals surface area contributed by atoms with Gasteiger partial charge >= 0.3 is 5.97 Å². The van der Waals surface area contributed by atoms with Crippen LogP contribution in [0.25, 0.3) is 10.2 Å². The van der Waals surface area contributed by atoms with E-state index in [4.69, 9.17) is 16.3 Å². The Morgan fingerprint density at radius 2 is 2.08 bits per heavy atom. The van der Waals surface area contributed by atoms with E-state index in [-0.39, 0.29) is 24.8 Å². The number of hydrogen-bond donors (Lipinski definition) is 0. The third-order valence-corrected chi connectivity index (χ3v) is 5.73. The van der Waals surface area contributed by atoms with Gasteiger partial charge in [0.25, 0.3) is 5.91 Å². The highest BCUT2D eigenvalue weighted by Gasteiger charge is 2.13. The van der Waals surface area contributed by atoms with Gasteiger partial charge in [-0.2, -0.15) is 4.99 Å². The fourth-order valence-corrected chi connectivity index (χ4v) is 4.36. The lowest BCUT2D eigenvalue weighted by molar-refractivity contribution is -0.143. The van der Waals surface area contributed by atoms with E-state index in [0.29, 0.717) is 30.8 Å². The second kappa shape index (κ2) is 8.11. The van der Waals surface area contributed by atoms with Crippen LogP contribution >= 0.6 is 34.3 Å². The topological polar surface area (TPSA) is 60.7 Å². The number of ether oxygens (including phenoxy) is 1. The largest absolute Gasteiger partial charge is 0.466 e. The van der Waals surface area contributed by atoms with Gasteiger partial charge in [-0.15, -0.1) is 11.3 Å². The molecule has 0 N–H and O–H groups in total. The molecule has 0 aliphatic carbocycles. The number of carbonyl (C=O) groups is 2. The number of aromatic nitrogens is 1. The molecule has 0 fully saturated rings. The van der Waals surface area contributed by atoms with Crippen LogP contribution in [0.5, 0.6) is 0 Å². The highest BCUT2D eigenvalue weighted by atomic mass is 35.5. The second-order valence-corrected chi connectivity index (χ2v) is 7.95. The van der Waals surface area contributed by atoms with Crippen LogP contribution in [-0.2, 0) is 16.1 Å². The molecule has 0 unspecified atom stereocenters. The van der Waals surface area contributed by atoms with Crippen molar-refractivity contribution in [3.8, 4) is 0 Å². The summed E-state index contributed by atoms with van der Waals surface area (Å²) in [6, 6.07) is 7.56. The number of aryl methyl sites for hydroxylation is 1. The summed E-state index contributed by atoms with van der Waals surface area (Å²) in [5, 5.41) is 0. The molecule has 0 aliphatic heterocycles. The van der Waals surface area contributed by atoms with Gasteiger partial charge < -0.3 is 9.30 Å². The summed E-state index contributed by atoms with van der Waals surface area (Å²) in [7, 11) is 0. The molecule has 2 heterocycles. The first-order chi connectivity index (χ1) is 12.5. The van der Waals surface area contributed by atoms with E-state index < -0.39 is 5.91 Å². The summed E-state index contributed by atoms with van der Waals surface area (Å²) in [6.45, 7) is 2.31. The summed E-state index contributed by atoms with van der Waals surface area (Å²) >= 11 is 8.19. The highest BCUT2D eigenvalue weighted by molar-refractivity contribution is 7.18. The molecule has 9 heteroatoms. The molecule has 26 heavy (non-hydrogen) atoms. The molecule has 0 saturated heterocycles. The summed E-state index contributed by atoms with van der Waals surface area (Å²) in [4.78, 5) is 29.0. The molecule has 3 rings (SSSR count). The summed E-state index contributed by atoms with van der Waals surface area (Å²) in [5.74, 6) is -1.15. The monoisotopic (exact) mass is 412 g/mol. The van der Waals surface area contributed by atoms with Crippen molar-refractivity contribution < 1.29 is 18.7 Å². The molecule has 0 bridgehead atoms. The van der Waals surface area contributed by atoms with E-state index in [0.717, 1.165) is 11.3 Å². The van der Waals surface area contributed by atoms with Crippen LogP contribution in [-0.4, -0.2) is 23.1 Å². The summed E-state index contributed by atoms with van der Waals surface area (Å²) in [5.41, 5.74) is 0.705. The average Bonchev–Trinajstić information content (AvgIpc) is 3.16. The van der Waals surface area contributed by atoms with E-state index in [1.54, 1.807) is 29.7 Å². The first kappa shape index (κ1) is 18.8. The number of rotatable bonds is 5. The number of thiophene rings is 1. The molecule has 1 aromatic carbocycles. The third-order valence-electron chi connectivity index (χ3n) is 3.47. The predicted octanol–water partition coefficient (Wildman–Crippen LogP) is 4.25. The van der Waals surface area contributed by atoms with E-state index in [9.17, 15) is 14.0 Å². The average molecular weight is 413 g/mol. The molecule has 0 aliphatic rings. The van der Waals surface area contributed by atoms with Gasteiger partial charge in [-0.25, -0.2) is 4.39 Å². The number of carbonyl (C=O) groups excluding carboxylic acids is 2. The fraction of sp³-hybridized carbons (Fsp3) is 0.235. The summed E-state index contributed by atoms with van der Waals surface area (Å²) in [6.07, 6.45) is 0.128. The van der Waals surface area contributed by atoms with Crippen molar-refractivity contribution in [2.45, 2.75) is 19.9 Å². The molecule has 1 amide bonds. The van der Waals surface area contributed by atoms with Gasteiger partial charge in [-0.05, 0) is 37.3 Å². The molecule has 0 atom stereocenters. The Balaban J connectivity index is 2.02. The molecular formula is C17H14ClFN2O3S2. The van der Waals surface area contributed by atoms with E-state index >= 15 is 0 Å². The van der Waals surface area contributed by atoms with Crippen molar-refractivity contribution in [1.82, 2.24) is 4.57 Å². The lowest BCUT2D eigenvalue weighted by atomic mass is 10.3. The Labute approximate surface area is 161 Å². The highest BCUT2D eigenvalue weighted by Crippen LogP contribution is 2.23. The number of nitrogens with zero attached hydrogens (tertiary/aromatic N) is 2. The van der Waals surface area contributed by atoms with Crippen molar-refractivity contribution >= 4 is 56.4 Å². The minimum Gasteiger partial charge on any atom is -0.466 e.